The van der Waals surface area contributed by atoms with Crippen LogP contribution in [0, 0.1) is 0 Å². The Bertz CT molecular complexity index is 782. The van der Waals surface area contributed by atoms with Crippen molar-refractivity contribution in [3.8, 4) is 22.1 Å². The van der Waals surface area contributed by atoms with E-state index < -0.39 is 5.97 Å². The number of ether oxygens (including phenoxy) is 2. The van der Waals surface area contributed by atoms with E-state index in [1.54, 1.807) is 17.5 Å². The van der Waals surface area contributed by atoms with Crippen LogP contribution in [0.5, 0.6) is 11.5 Å². The van der Waals surface area contributed by atoms with Gasteiger partial charge < -0.3 is 9.47 Å². The van der Waals surface area contributed by atoms with E-state index in [0.717, 1.165) is 16.3 Å². The minimum atomic E-state index is -0.454. The summed E-state index contributed by atoms with van der Waals surface area (Å²) in [4.78, 5) is 16.5. The van der Waals surface area contributed by atoms with Crippen LogP contribution in [0.15, 0.2) is 60.0 Å². The highest BCUT2D eigenvalue weighted by atomic mass is 32.1. The van der Waals surface area contributed by atoms with Crippen molar-refractivity contribution in [2.24, 2.45) is 0 Å². The molecule has 23 heavy (non-hydrogen) atoms. The second-order valence-electron chi connectivity index (χ2n) is 4.70. The number of rotatable bonds is 5. The Balaban J connectivity index is 1.73. The van der Waals surface area contributed by atoms with Crippen molar-refractivity contribution in [2.45, 2.75) is 6.92 Å². The van der Waals surface area contributed by atoms with Crippen LogP contribution in [0.2, 0.25) is 0 Å². The second-order valence-corrected chi connectivity index (χ2v) is 5.56. The van der Waals surface area contributed by atoms with Crippen molar-refractivity contribution in [2.75, 3.05) is 6.61 Å². The number of benzene rings is 2. The Morgan fingerprint density at radius 2 is 1.78 bits per heavy atom. The molecule has 0 atom stereocenters. The Morgan fingerprint density at radius 3 is 2.48 bits per heavy atom. The van der Waals surface area contributed by atoms with E-state index in [9.17, 15) is 4.79 Å². The van der Waals surface area contributed by atoms with Gasteiger partial charge in [-0.3, -0.25) is 0 Å². The molecular formula is C18H15NO3S. The highest BCUT2D eigenvalue weighted by Gasteiger charge is 2.14. The van der Waals surface area contributed by atoms with E-state index in [0.29, 0.717) is 18.1 Å². The summed E-state index contributed by atoms with van der Waals surface area (Å²) in [6.07, 6.45) is 0. The maximum atomic E-state index is 12.1. The minimum Gasteiger partial charge on any atom is -0.494 e. The molecule has 0 radical (unpaired) electrons. The van der Waals surface area contributed by atoms with Gasteiger partial charge in [-0.1, -0.05) is 18.2 Å². The maximum Gasteiger partial charge on any atom is 0.363 e. The third kappa shape index (κ3) is 3.76. The lowest BCUT2D eigenvalue weighted by Gasteiger charge is -2.03. The predicted molar refractivity (Wildman–Crippen MR) is 90.1 cm³/mol. The SMILES string of the molecule is CCOc1ccc(-c2nc(C(=O)Oc3ccccc3)cs2)cc1. The molecule has 2 aromatic carbocycles. The first-order valence-corrected chi connectivity index (χ1v) is 8.10. The number of thiazole rings is 1. The number of esters is 1. The lowest BCUT2D eigenvalue weighted by atomic mass is 10.2. The van der Waals surface area contributed by atoms with Crippen molar-refractivity contribution in [1.29, 1.82) is 0 Å². The smallest absolute Gasteiger partial charge is 0.363 e. The fourth-order valence-corrected chi connectivity index (χ4v) is 2.80. The summed E-state index contributed by atoms with van der Waals surface area (Å²) in [7, 11) is 0. The van der Waals surface area contributed by atoms with Crippen LogP contribution in [0.25, 0.3) is 10.6 Å². The molecule has 0 fully saturated rings. The van der Waals surface area contributed by atoms with Crippen LogP contribution in [0.3, 0.4) is 0 Å². The minimum absolute atomic E-state index is 0.308. The molecule has 5 heteroatoms. The van der Waals surface area contributed by atoms with Crippen molar-refractivity contribution >= 4 is 17.3 Å². The summed E-state index contributed by atoms with van der Waals surface area (Å²) in [5, 5.41) is 2.48. The van der Waals surface area contributed by atoms with Crippen LogP contribution in [0.4, 0.5) is 0 Å². The molecule has 0 N–H and O–H groups in total. The largest absolute Gasteiger partial charge is 0.494 e. The summed E-state index contributed by atoms with van der Waals surface area (Å²) in [5.74, 6) is 0.870. The van der Waals surface area contributed by atoms with Crippen LogP contribution in [0.1, 0.15) is 17.4 Å². The number of hydrogen-bond acceptors (Lipinski definition) is 5. The van der Waals surface area contributed by atoms with E-state index in [2.05, 4.69) is 4.98 Å². The molecule has 0 bridgehead atoms. The highest BCUT2D eigenvalue weighted by molar-refractivity contribution is 7.13. The van der Waals surface area contributed by atoms with Gasteiger partial charge in [0.2, 0.25) is 0 Å². The predicted octanol–water partition coefficient (Wildman–Crippen LogP) is 4.43. The maximum absolute atomic E-state index is 12.1. The van der Waals surface area contributed by atoms with Crippen molar-refractivity contribution in [3.05, 3.63) is 65.7 Å². The van der Waals surface area contributed by atoms with Crippen LogP contribution >= 0.6 is 11.3 Å². The van der Waals surface area contributed by atoms with Crippen LogP contribution in [-0.4, -0.2) is 17.6 Å². The monoisotopic (exact) mass is 325 g/mol. The van der Waals surface area contributed by atoms with Gasteiger partial charge in [-0.15, -0.1) is 11.3 Å². The normalized spacial score (nSPS) is 10.3. The summed E-state index contributed by atoms with van der Waals surface area (Å²) >= 11 is 1.41. The van der Waals surface area contributed by atoms with Crippen LogP contribution < -0.4 is 9.47 Å². The molecule has 0 aliphatic heterocycles. The Morgan fingerprint density at radius 1 is 1.04 bits per heavy atom. The molecule has 3 rings (SSSR count). The molecular weight excluding hydrogens is 310 g/mol. The Labute approximate surface area is 138 Å². The lowest BCUT2D eigenvalue weighted by Crippen LogP contribution is -2.08. The third-order valence-corrected chi connectivity index (χ3v) is 3.97. The molecule has 116 valence electrons. The molecule has 4 nitrogen and oxygen atoms in total. The van der Waals surface area contributed by atoms with Crippen molar-refractivity contribution < 1.29 is 14.3 Å². The molecule has 0 unspecified atom stereocenters. The second kappa shape index (κ2) is 7.07. The molecule has 0 aliphatic rings. The van der Waals surface area contributed by atoms with E-state index in [1.807, 2.05) is 49.4 Å². The van der Waals surface area contributed by atoms with E-state index in [4.69, 9.17) is 9.47 Å². The van der Waals surface area contributed by atoms with Gasteiger partial charge in [0.15, 0.2) is 5.69 Å². The fourth-order valence-electron chi connectivity index (χ4n) is 2.01. The number of aromatic nitrogens is 1. The van der Waals surface area contributed by atoms with Gasteiger partial charge in [0.1, 0.15) is 16.5 Å². The number of carbonyl (C=O) groups is 1. The number of hydrogen-bond donors (Lipinski definition) is 0. The molecule has 1 aromatic heterocycles. The van der Waals surface area contributed by atoms with Crippen molar-refractivity contribution in [1.82, 2.24) is 4.98 Å². The molecule has 0 amide bonds. The summed E-state index contributed by atoms with van der Waals surface area (Å²) in [6.45, 7) is 2.57. The molecule has 3 aromatic rings. The average Bonchev–Trinajstić information content (AvgIpc) is 3.07. The molecule has 0 saturated heterocycles. The number of nitrogens with zero attached hydrogens (tertiary/aromatic N) is 1. The van der Waals surface area contributed by atoms with Gasteiger partial charge in [-0.05, 0) is 43.3 Å². The zero-order valence-electron chi connectivity index (χ0n) is 12.6. The van der Waals surface area contributed by atoms with Gasteiger partial charge in [0.05, 0.1) is 6.61 Å². The zero-order chi connectivity index (χ0) is 16.1. The number of para-hydroxylation sites is 1. The summed E-state index contributed by atoms with van der Waals surface area (Å²) in [5.41, 5.74) is 1.25. The van der Waals surface area contributed by atoms with Crippen LogP contribution in [-0.2, 0) is 0 Å². The van der Waals surface area contributed by atoms with E-state index >= 15 is 0 Å². The van der Waals surface area contributed by atoms with Crippen molar-refractivity contribution in [3.63, 3.8) is 0 Å². The molecule has 0 spiro atoms. The van der Waals surface area contributed by atoms with Gasteiger partial charge in [0.25, 0.3) is 0 Å². The quantitative estimate of drug-likeness (QED) is 0.514. The Kier molecular flexibility index (Phi) is 4.68. The first kappa shape index (κ1) is 15.2. The van der Waals surface area contributed by atoms with Gasteiger partial charge >= 0.3 is 5.97 Å². The van der Waals surface area contributed by atoms with Gasteiger partial charge in [0, 0.05) is 10.9 Å². The third-order valence-electron chi connectivity index (χ3n) is 3.08. The zero-order valence-corrected chi connectivity index (χ0v) is 13.4. The fraction of sp³-hybridized carbons (Fsp3) is 0.111. The average molecular weight is 325 g/mol. The topological polar surface area (TPSA) is 48.4 Å². The molecule has 0 aliphatic carbocycles. The lowest BCUT2D eigenvalue weighted by molar-refractivity contribution is 0.0729. The number of carbonyl (C=O) groups excluding carboxylic acids is 1. The standard InChI is InChI=1S/C18H15NO3S/c1-2-21-14-10-8-13(9-11-14)17-19-16(12-23-17)18(20)22-15-6-4-3-5-7-15/h3-12H,2H2,1H3. The first-order valence-electron chi connectivity index (χ1n) is 7.22. The highest BCUT2D eigenvalue weighted by Crippen LogP contribution is 2.26. The first-order chi connectivity index (χ1) is 11.3. The molecule has 0 saturated carbocycles. The summed E-state index contributed by atoms with van der Waals surface area (Å²) in [6, 6.07) is 16.6. The van der Waals surface area contributed by atoms with Gasteiger partial charge in [-0.2, -0.15) is 0 Å². The Hall–Kier alpha value is -2.66. The van der Waals surface area contributed by atoms with Gasteiger partial charge in [-0.25, -0.2) is 9.78 Å². The summed E-state index contributed by atoms with van der Waals surface area (Å²) < 4.78 is 10.7. The van der Waals surface area contributed by atoms with E-state index in [-0.39, 0.29) is 0 Å². The molecule has 1 heterocycles. The van der Waals surface area contributed by atoms with E-state index in [1.165, 1.54) is 11.3 Å².